The molecular weight excluding hydrogens is 282 g/mol. The lowest BCUT2D eigenvalue weighted by molar-refractivity contribution is -0.140. The number of hydrogen-bond acceptors (Lipinski definition) is 4. The average Bonchev–Trinajstić information content (AvgIpc) is 2.57. The smallest absolute Gasteiger partial charge is 0.256 e. The number of rotatable bonds is 5. The molecule has 0 unspecified atom stereocenters. The molecule has 0 saturated carbocycles. The number of methoxy groups -OCH3 is 1. The predicted octanol–water partition coefficient (Wildman–Crippen LogP) is 1.74. The van der Waals surface area contributed by atoms with Crippen molar-refractivity contribution < 1.29 is 14.3 Å². The molecule has 0 aromatic heterocycles. The first-order valence-corrected chi connectivity index (χ1v) is 7.57. The Morgan fingerprint density at radius 3 is 2.18 bits per heavy atom. The molecular formula is C16H23N3O3. The summed E-state index contributed by atoms with van der Waals surface area (Å²) < 4.78 is 5.49. The van der Waals surface area contributed by atoms with Crippen LogP contribution in [0.1, 0.15) is 26.2 Å². The molecule has 120 valence electrons. The Bertz CT molecular complexity index is 522. The van der Waals surface area contributed by atoms with Crippen LogP contribution in [0, 0.1) is 0 Å². The van der Waals surface area contributed by atoms with Crippen LogP contribution in [0.5, 0.6) is 0 Å². The molecule has 0 spiro atoms. The molecule has 1 aliphatic heterocycles. The highest BCUT2D eigenvalue weighted by Crippen LogP contribution is 2.25. The van der Waals surface area contributed by atoms with Crippen LogP contribution in [0.25, 0.3) is 0 Å². The summed E-state index contributed by atoms with van der Waals surface area (Å²) in [6, 6.07) is 7.08. The molecule has 2 rings (SSSR count). The maximum atomic E-state index is 12.5. The fourth-order valence-corrected chi connectivity index (χ4v) is 2.49. The second-order valence-electron chi connectivity index (χ2n) is 5.38. The van der Waals surface area contributed by atoms with E-state index in [1.54, 1.807) is 38.3 Å². The van der Waals surface area contributed by atoms with E-state index in [4.69, 9.17) is 4.74 Å². The molecule has 0 radical (unpaired) electrons. The average molecular weight is 305 g/mol. The van der Waals surface area contributed by atoms with Gasteiger partial charge >= 0.3 is 0 Å². The van der Waals surface area contributed by atoms with E-state index in [2.05, 4.69) is 16.0 Å². The largest absolute Gasteiger partial charge is 0.368 e. The summed E-state index contributed by atoms with van der Waals surface area (Å²) in [6.07, 6.45) is 1.74. The van der Waals surface area contributed by atoms with Crippen molar-refractivity contribution in [1.82, 2.24) is 5.32 Å². The van der Waals surface area contributed by atoms with Crippen LogP contribution in [-0.4, -0.2) is 37.6 Å². The van der Waals surface area contributed by atoms with Crippen molar-refractivity contribution in [2.24, 2.45) is 0 Å². The second kappa shape index (κ2) is 7.38. The van der Waals surface area contributed by atoms with Crippen molar-refractivity contribution in [2.75, 3.05) is 30.8 Å². The van der Waals surface area contributed by atoms with Crippen molar-refractivity contribution in [2.45, 2.75) is 31.8 Å². The second-order valence-corrected chi connectivity index (χ2v) is 5.38. The van der Waals surface area contributed by atoms with Gasteiger partial charge in [0.1, 0.15) is 5.60 Å². The number of carbonyl (C=O) groups is 2. The molecule has 1 fully saturated rings. The van der Waals surface area contributed by atoms with Gasteiger partial charge in [-0.3, -0.25) is 9.59 Å². The minimum Gasteiger partial charge on any atom is -0.368 e. The van der Waals surface area contributed by atoms with Gasteiger partial charge in [0.2, 0.25) is 5.91 Å². The number of benzene rings is 1. The summed E-state index contributed by atoms with van der Waals surface area (Å²) in [4.78, 5) is 23.8. The summed E-state index contributed by atoms with van der Waals surface area (Å²) in [6.45, 7) is 3.33. The Morgan fingerprint density at radius 1 is 1.14 bits per heavy atom. The third-order valence-corrected chi connectivity index (χ3v) is 3.96. The molecule has 0 atom stereocenters. The van der Waals surface area contributed by atoms with Crippen molar-refractivity contribution in [1.29, 1.82) is 0 Å². The SMILES string of the molecule is CCC(=O)Nc1ccc(NC(=O)C2(OC)CCNCC2)cc1. The van der Waals surface area contributed by atoms with Gasteiger partial charge in [-0.1, -0.05) is 6.92 Å². The van der Waals surface area contributed by atoms with Crippen molar-refractivity contribution in [3.63, 3.8) is 0 Å². The zero-order chi connectivity index (χ0) is 16.0. The minimum atomic E-state index is -0.764. The summed E-state index contributed by atoms with van der Waals surface area (Å²) in [5.41, 5.74) is 0.642. The molecule has 0 aliphatic carbocycles. The first-order valence-electron chi connectivity index (χ1n) is 7.57. The van der Waals surface area contributed by atoms with E-state index in [9.17, 15) is 9.59 Å². The van der Waals surface area contributed by atoms with E-state index >= 15 is 0 Å². The van der Waals surface area contributed by atoms with Crippen LogP contribution in [0.2, 0.25) is 0 Å². The first kappa shape index (κ1) is 16.5. The molecule has 3 N–H and O–H groups in total. The van der Waals surface area contributed by atoms with Crippen LogP contribution in [0.4, 0.5) is 11.4 Å². The molecule has 6 heteroatoms. The van der Waals surface area contributed by atoms with E-state index in [0.29, 0.717) is 30.6 Å². The highest BCUT2D eigenvalue weighted by molar-refractivity contribution is 5.98. The Morgan fingerprint density at radius 2 is 1.68 bits per heavy atom. The van der Waals surface area contributed by atoms with Gasteiger partial charge in [-0.25, -0.2) is 0 Å². The lowest BCUT2D eigenvalue weighted by Gasteiger charge is -2.34. The molecule has 1 aliphatic rings. The van der Waals surface area contributed by atoms with Crippen molar-refractivity contribution >= 4 is 23.2 Å². The number of amides is 2. The summed E-state index contributed by atoms with van der Waals surface area (Å²) in [5.74, 6) is -0.160. The number of anilines is 2. The molecule has 22 heavy (non-hydrogen) atoms. The van der Waals surface area contributed by atoms with Crippen LogP contribution >= 0.6 is 0 Å². The van der Waals surface area contributed by atoms with Crippen LogP contribution in [0.15, 0.2) is 24.3 Å². The molecule has 6 nitrogen and oxygen atoms in total. The van der Waals surface area contributed by atoms with Crippen LogP contribution in [0.3, 0.4) is 0 Å². The standard InChI is InChI=1S/C16H23N3O3/c1-3-14(20)18-12-4-6-13(7-5-12)19-15(21)16(22-2)8-10-17-11-9-16/h4-7,17H,3,8-11H2,1-2H3,(H,18,20)(H,19,21). The van der Waals surface area contributed by atoms with Crippen LogP contribution in [-0.2, 0) is 14.3 Å². The maximum Gasteiger partial charge on any atom is 0.256 e. The summed E-state index contributed by atoms with van der Waals surface area (Å²) in [7, 11) is 1.58. The third kappa shape index (κ3) is 3.84. The predicted molar refractivity (Wildman–Crippen MR) is 85.8 cm³/mol. The minimum absolute atomic E-state index is 0.0372. The van der Waals surface area contributed by atoms with Crippen LogP contribution < -0.4 is 16.0 Å². The number of nitrogens with one attached hydrogen (secondary N) is 3. The normalized spacial score (nSPS) is 16.8. The number of carbonyl (C=O) groups excluding carboxylic acids is 2. The lowest BCUT2D eigenvalue weighted by atomic mass is 9.91. The van der Waals surface area contributed by atoms with E-state index in [-0.39, 0.29) is 11.8 Å². The first-order chi connectivity index (χ1) is 10.6. The fourth-order valence-electron chi connectivity index (χ4n) is 2.49. The number of piperidine rings is 1. The van der Waals surface area contributed by atoms with E-state index in [0.717, 1.165) is 13.1 Å². The Labute approximate surface area is 130 Å². The number of hydrogen-bond donors (Lipinski definition) is 3. The highest BCUT2D eigenvalue weighted by Gasteiger charge is 2.39. The summed E-state index contributed by atoms with van der Waals surface area (Å²) in [5, 5.41) is 8.89. The monoisotopic (exact) mass is 305 g/mol. The highest BCUT2D eigenvalue weighted by atomic mass is 16.5. The topological polar surface area (TPSA) is 79.5 Å². The Hall–Kier alpha value is -1.92. The van der Waals surface area contributed by atoms with Gasteiger partial charge < -0.3 is 20.7 Å². The molecule has 1 aromatic carbocycles. The summed E-state index contributed by atoms with van der Waals surface area (Å²) >= 11 is 0. The fraction of sp³-hybridized carbons (Fsp3) is 0.500. The molecule has 2 amide bonds. The molecule has 1 saturated heterocycles. The zero-order valence-corrected chi connectivity index (χ0v) is 13.1. The van der Waals surface area contributed by atoms with Gasteiger partial charge in [0.15, 0.2) is 0 Å². The zero-order valence-electron chi connectivity index (χ0n) is 13.1. The number of ether oxygens (including phenoxy) is 1. The lowest BCUT2D eigenvalue weighted by Crippen LogP contribution is -2.51. The van der Waals surface area contributed by atoms with E-state index in [1.165, 1.54) is 0 Å². The Balaban J connectivity index is 2.00. The Kier molecular flexibility index (Phi) is 5.51. The van der Waals surface area contributed by atoms with Crippen molar-refractivity contribution in [3.05, 3.63) is 24.3 Å². The van der Waals surface area contributed by atoms with Crippen molar-refractivity contribution in [3.8, 4) is 0 Å². The molecule has 1 heterocycles. The van der Waals surface area contributed by atoms with E-state index in [1.807, 2.05) is 0 Å². The molecule has 1 aromatic rings. The maximum absolute atomic E-state index is 12.5. The van der Waals surface area contributed by atoms with Gasteiger partial charge in [0.25, 0.3) is 5.91 Å². The van der Waals surface area contributed by atoms with Gasteiger partial charge in [0, 0.05) is 24.9 Å². The van der Waals surface area contributed by atoms with Gasteiger partial charge in [-0.2, -0.15) is 0 Å². The van der Waals surface area contributed by atoms with E-state index < -0.39 is 5.60 Å². The van der Waals surface area contributed by atoms with Gasteiger partial charge in [0.05, 0.1) is 0 Å². The van der Waals surface area contributed by atoms with Gasteiger partial charge in [-0.15, -0.1) is 0 Å². The van der Waals surface area contributed by atoms with Gasteiger partial charge in [-0.05, 0) is 50.2 Å². The molecule has 0 bridgehead atoms. The quantitative estimate of drug-likeness (QED) is 0.774. The third-order valence-electron chi connectivity index (χ3n) is 3.96.